The van der Waals surface area contributed by atoms with E-state index < -0.39 is 21.2 Å². The van der Waals surface area contributed by atoms with Crippen molar-refractivity contribution < 1.29 is 25.8 Å². The summed E-state index contributed by atoms with van der Waals surface area (Å²) in [5.74, 6) is 0. The van der Waals surface area contributed by atoms with Crippen molar-refractivity contribution in [1.29, 1.82) is 0 Å². The van der Waals surface area contributed by atoms with Gasteiger partial charge in [0.2, 0.25) is 0 Å². The third kappa shape index (κ3) is 2.30. The van der Waals surface area contributed by atoms with Gasteiger partial charge in [0.15, 0.2) is 0 Å². The number of alkyl halides is 3. The Labute approximate surface area is 96.3 Å². The van der Waals surface area contributed by atoms with E-state index in [1.165, 1.54) is 0 Å². The molecular weight excluding hydrogens is 257 g/mol. The Morgan fingerprint density at radius 3 is 2.06 bits per heavy atom. The Hall–Kier alpha value is -1.08. The van der Waals surface area contributed by atoms with E-state index >= 15 is 0 Å². The van der Waals surface area contributed by atoms with Crippen LogP contribution in [0.2, 0.25) is 0 Å². The molecule has 0 N–H and O–H groups in total. The van der Waals surface area contributed by atoms with Crippen molar-refractivity contribution in [3.05, 3.63) is 35.9 Å². The summed E-state index contributed by atoms with van der Waals surface area (Å²) >= 11 is 0. The minimum atomic E-state index is -5.54. The molecule has 7 heteroatoms. The average Bonchev–Trinajstić information content (AvgIpc) is 2.98. The first kappa shape index (κ1) is 12.4. The van der Waals surface area contributed by atoms with Crippen LogP contribution in [0.5, 0.6) is 0 Å². The predicted octanol–water partition coefficient (Wildman–Crippen LogP) is 2.54. The molecule has 1 aromatic carbocycles. The molecule has 1 saturated carbocycles. The maximum atomic E-state index is 12.2. The normalized spacial score (nSPS) is 19.0. The van der Waals surface area contributed by atoms with Crippen molar-refractivity contribution in [2.75, 3.05) is 0 Å². The molecule has 1 aromatic rings. The Bertz CT molecular complexity index is 503. The van der Waals surface area contributed by atoms with Gasteiger partial charge in [0.25, 0.3) is 0 Å². The first-order valence-electron chi connectivity index (χ1n) is 4.84. The van der Waals surface area contributed by atoms with Crippen LogP contribution < -0.4 is 0 Å². The van der Waals surface area contributed by atoms with E-state index in [2.05, 4.69) is 4.18 Å². The van der Waals surface area contributed by atoms with E-state index in [0.717, 1.165) is 0 Å². The standard InChI is InChI=1S/C10H9F3O3S/c11-10(12,13)17(14,15)16-9(6-7-9)8-4-2-1-3-5-8/h1-5H,6-7H2. The molecule has 17 heavy (non-hydrogen) atoms. The molecule has 0 radical (unpaired) electrons. The summed E-state index contributed by atoms with van der Waals surface area (Å²) in [6.45, 7) is 0. The average molecular weight is 266 g/mol. The van der Waals surface area contributed by atoms with E-state index in [4.69, 9.17) is 0 Å². The molecule has 3 nitrogen and oxygen atoms in total. The van der Waals surface area contributed by atoms with Crippen LogP contribution in [-0.2, 0) is 19.9 Å². The first-order valence-corrected chi connectivity index (χ1v) is 6.25. The van der Waals surface area contributed by atoms with Gasteiger partial charge in [-0.25, -0.2) is 0 Å². The molecule has 0 unspecified atom stereocenters. The SMILES string of the molecule is O=S(=O)(OC1(c2ccccc2)CC1)C(F)(F)F. The van der Waals surface area contributed by atoms with Gasteiger partial charge in [-0.2, -0.15) is 21.6 Å². The third-order valence-electron chi connectivity index (χ3n) is 2.56. The van der Waals surface area contributed by atoms with Gasteiger partial charge in [0, 0.05) is 0 Å². The van der Waals surface area contributed by atoms with Crippen molar-refractivity contribution in [3.8, 4) is 0 Å². The van der Waals surface area contributed by atoms with Gasteiger partial charge < -0.3 is 0 Å². The van der Waals surface area contributed by atoms with E-state index in [9.17, 15) is 21.6 Å². The van der Waals surface area contributed by atoms with Gasteiger partial charge in [-0.05, 0) is 18.4 Å². The second-order valence-electron chi connectivity index (χ2n) is 3.84. The molecule has 0 aliphatic heterocycles. The summed E-state index contributed by atoms with van der Waals surface area (Å²) in [6.07, 6.45) is 0.540. The molecular formula is C10H9F3O3S. The van der Waals surface area contributed by atoms with Crippen molar-refractivity contribution in [2.45, 2.75) is 24.0 Å². The molecule has 0 aromatic heterocycles. The van der Waals surface area contributed by atoms with Crippen LogP contribution in [0, 0.1) is 0 Å². The minimum Gasteiger partial charge on any atom is -0.252 e. The van der Waals surface area contributed by atoms with Crippen LogP contribution in [-0.4, -0.2) is 13.9 Å². The molecule has 0 spiro atoms. The fourth-order valence-electron chi connectivity index (χ4n) is 1.53. The lowest BCUT2D eigenvalue weighted by Gasteiger charge is -2.17. The van der Waals surface area contributed by atoms with E-state index in [-0.39, 0.29) is 12.8 Å². The lowest BCUT2D eigenvalue weighted by molar-refractivity contribution is -0.0589. The highest BCUT2D eigenvalue weighted by Gasteiger charge is 2.57. The van der Waals surface area contributed by atoms with Gasteiger partial charge in [-0.1, -0.05) is 30.3 Å². The first-order chi connectivity index (χ1) is 7.77. The lowest BCUT2D eigenvalue weighted by Crippen LogP contribution is -2.30. The summed E-state index contributed by atoms with van der Waals surface area (Å²) in [4.78, 5) is 0. The molecule has 0 saturated heterocycles. The van der Waals surface area contributed by atoms with Crippen LogP contribution >= 0.6 is 0 Å². The van der Waals surface area contributed by atoms with E-state index in [1.54, 1.807) is 30.3 Å². The number of halogens is 3. The van der Waals surface area contributed by atoms with Crippen molar-refractivity contribution >= 4 is 10.1 Å². The Balaban J connectivity index is 2.27. The third-order valence-corrected chi connectivity index (χ3v) is 3.66. The largest absolute Gasteiger partial charge is 0.523 e. The topological polar surface area (TPSA) is 43.4 Å². The predicted molar refractivity (Wildman–Crippen MR) is 53.4 cm³/mol. The zero-order chi connectivity index (χ0) is 12.7. The van der Waals surface area contributed by atoms with Gasteiger partial charge in [0.05, 0.1) is 0 Å². The summed E-state index contributed by atoms with van der Waals surface area (Å²) in [6, 6.07) is 8.05. The quantitative estimate of drug-likeness (QED) is 0.623. The summed E-state index contributed by atoms with van der Waals surface area (Å²) < 4.78 is 62.8. The highest BCUT2D eigenvalue weighted by atomic mass is 32.2. The molecule has 2 rings (SSSR count). The summed E-state index contributed by atoms with van der Waals surface area (Å²) in [7, 11) is -5.54. The molecule has 1 aliphatic rings. The molecule has 0 heterocycles. The smallest absolute Gasteiger partial charge is 0.252 e. The van der Waals surface area contributed by atoms with Crippen molar-refractivity contribution in [2.24, 2.45) is 0 Å². The number of benzene rings is 1. The molecule has 0 bridgehead atoms. The highest BCUT2D eigenvalue weighted by molar-refractivity contribution is 7.87. The van der Waals surface area contributed by atoms with Crippen LogP contribution in [0.25, 0.3) is 0 Å². The van der Waals surface area contributed by atoms with Crippen LogP contribution in [0.15, 0.2) is 30.3 Å². The van der Waals surface area contributed by atoms with Crippen molar-refractivity contribution in [3.63, 3.8) is 0 Å². The summed E-state index contributed by atoms with van der Waals surface area (Å²) in [5, 5.41) is 0. The molecule has 0 amide bonds. The molecule has 1 aliphatic carbocycles. The van der Waals surface area contributed by atoms with Crippen LogP contribution in [0.3, 0.4) is 0 Å². The Morgan fingerprint density at radius 1 is 1.12 bits per heavy atom. The summed E-state index contributed by atoms with van der Waals surface area (Å²) in [5.41, 5.74) is -6.25. The second-order valence-corrected chi connectivity index (χ2v) is 5.38. The number of hydrogen-bond donors (Lipinski definition) is 0. The minimum absolute atomic E-state index is 0.270. The maximum Gasteiger partial charge on any atom is 0.523 e. The van der Waals surface area contributed by atoms with E-state index in [1.807, 2.05) is 0 Å². The van der Waals surface area contributed by atoms with Crippen LogP contribution in [0.1, 0.15) is 18.4 Å². The Kier molecular flexibility index (Phi) is 2.70. The van der Waals surface area contributed by atoms with Gasteiger partial charge >= 0.3 is 15.6 Å². The van der Waals surface area contributed by atoms with E-state index in [0.29, 0.717) is 5.56 Å². The highest BCUT2D eigenvalue weighted by Crippen LogP contribution is 2.51. The zero-order valence-electron chi connectivity index (χ0n) is 8.57. The fraction of sp³-hybridized carbons (Fsp3) is 0.400. The zero-order valence-corrected chi connectivity index (χ0v) is 9.38. The molecule has 1 fully saturated rings. The molecule has 94 valence electrons. The monoisotopic (exact) mass is 266 g/mol. The Morgan fingerprint density at radius 2 is 1.65 bits per heavy atom. The number of rotatable bonds is 3. The van der Waals surface area contributed by atoms with Gasteiger partial charge in [-0.15, -0.1) is 0 Å². The van der Waals surface area contributed by atoms with Gasteiger partial charge in [0.1, 0.15) is 5.60 Å². The molecule has 0 atom stereocenters. The lowest BCUT2D eigenvalue weighted by atomic mass is 10.1. The van der Waals surface area contributed by atoms with Crippen LogP contribution in [0.4, 0.5) is 13.2 Å². The number of hydrogen-bond acceptors (Lipinski definition) is 3. The van der Waals surface area contributed by atoms with Gasteiger partial charge in [-0.3, -0.25) is 4.18 Å². The fourth-order valence-corrected chi connectivity index (χ4v) is 2.31. The maximum absolute atomic E-state index is 12.2. The second kappa shape index (κ2) is 3.71. The van der Waals surface area contributed by atoms with Crippen molar-refractivity contribution in [1.82, 2.24) is 0 Å².